The first-order valence-corrected chi connectivity index (χ1v) is 15.3. The lowest BCUT2D eigenvalue weighted by Gasteiger charge is -2.53. The second-order valence-corrected chi connectivity index (χ2v) is 23.4. The molecule has 0 spiro atoms. The molecule has 1 aliphatic rings. The van der Waals surface area contributed by atoms with Gasteiger partial charge in [-0.25, -0.2) is 0 Å². The Kier molecular flexibility index (Phi) is 6.07. The molecule has 0 bridgehead atoms. The van der Waals surface area contributed by atoms with E-state index in [4.69, 9.17) is 15.9 Å². The molecule has 20 heavy (non-hydrogen) atoms. The van der Waals surface area contributed by atoms with Crippen molar-refractivity contribution in [1.29, 1.82) is 0 Å². The van der Waals surface area contributed by atoms with Gasteiger partial charge in [-0.1, -0.05) is 19.1 Å². The van der Waals surface area contributed by atoms with E-state index in [0.717, 1.165) is 25.7 Å². The normalized spacial score (nSPS) is 31.8. The Morgan fingerprint density at radius 2 is 1.45 bits per heavy atom. The first-order chi connectivity index (χ1) is 9.00. The molecule has 1 rings (SSSR count). The van der Waals surface area contributed by atoms with Gasteiger partial charge in [-0.15, -0.1) is 0 Å². The van der Waals surface area contributed by atoms with Crippen LogP contribution in [0.25, 0.3) is 0 Å². The van der Waals surface area contributed by atoms with E-state index >= 15 is 0 Å². The molecule has 2 unspecified atom stereocenters. The lowest BCUT2D eigenvalue weighted by atomic mass is 9.87. The van der Waals surface area contributed by atoms with Crippen LogP contribution in [0.2, 0.25) is 32.2 Å². The van der Waals surface area contributed by atoms with Crippen LogP contribution in [0, 0.1) is 0 Å². The van der Waals surface area contributed by atoms with Crippen molar-refractivity contribution >= 4 is 15.4 Å². The molecule has 0 aromatic rings. The van der Waals surface area contributed by atoms with Crippen molar-refractivity contribution in [3.8, 4) is 0 Å². The van der Waals surface area contributed by atoms with Crippen LogP contribution in [0.15, 0.2) is 0 Å². The van der Waals surface area contributed by atoms with Crippen LogP contribution in [0.4, 0.5) is 0 Å². The maximum absolute atomic E-state index is 6.87. The van der Waals surface area contributed by atoms with Crippen molar-refractivity contribution in [2.75, 3.05) is 0 Å². The van der Waals surface area contributed by atoms with Gasteiger partial charge in [0, 0.05) is 12.1 Å². The molecule has 0 aliphatic carbocycles. The molecule has 0 aromatic carbocycles. The summed E-state index contributed by atoms with van der Waals surface area (Å²) in [5.41, 5.74) is 12.0. The van der Waals surface area contributed by atoms with Gasteiger partial charge in [0.1, 0.15) is 0 Å². The van der Waals surface area contributed by atoms with Gasteiger partial charge in [-0.2, -0.15) is 0 Å². The summed E-state index contributed by atoms with van der Waals surface area (Å²) in [7, 11) is -2.71. The Morgan fingerprint density at radius 1 is 1.00 bits per heavy atom. The Hall–Kier alpha value is 0.314. The summed E-state index contributed by atoms with van der Waals surface area (Å²) >= 11 is 0. The monoisotopic (exact) mass is 316 g/mol. The SMILES string of the molecule is CC(N)CCC1(CCC(C)N)CC[Si](C)(C)[Si](C)(C)O1. The fraction of sp³-hybridized carbons (Fsp3) is 1.00. The number of hydrogen-bond acceptors (Lipinski definition) is 3. The molecule has 4 N–H and O–H groups in total. The average molecular weight is 317 g/mol. The highest BCUT2D eigenvalue weighted by molar-refractivity contribution is 7.38. The van der Waals surface area contributed by atoms with E-state index in [1.54, 1.807) is 0 Å². The van der Waals surface area contributed by atoms with Gasteiger partial charge in [0.15, 0.2) is 7.83 Å². The largest absolute Gasteiger partial charge is 0.415 e. The lowest BCUT2D eigenvalue weighted by Crippen LogP contribution is -2.65. The third-order valence-corrected chi connectivity index (χ3v) is 22.0. The molecule has 0 aromatic heterocycles. The first kappa shape index (κ1) is 18.4. The lowest BCUT2D eigenvalue weighted by molar-refractivity contribution is 0.0285. The zero-order valence-corrected chi connectivity index (χ0v) is 16.5. The van der Waals surface area contributed by atoms with Crippen LogP contribution in [0.1, 0.15) is 46.0 Å². The Morgan fingerprint density at radius 3 is 1.80 bits per heavy atom. The molecule has 2 atom stereocenters. The van der Waals surface area contributed by atoms with E-state index in [1.165, 1.54) is 12.5 Å². The maximum Gasteiger partial charge on any atom is 0.174 e. The van der Waals surface area contributed by atoms with Crippen molar-refractivity contribution in [3.63, 3.8) is 0 Å². The van der Waals surface area contributed by atoms with Gasteiger partial charge in [-0.3, -0.25) is 0 Å². The number of nitrogens with two attached hydrogens (primary N) is 2. The highest BCUT2D eigenvalue weighted by Crippen LogP contribution is 2.43. The van der Waals surface area contributed by atoms with Crippen molar-refractivity contribution in [2.24, 2.45) is 11.5 Å². The highest BCUT2D eigenvalue weighted by atomic mass is 29.3. The van der Waals surface area contributed by atoms with Crippen molar-refractivity contribution < 1.29 is 4.43 Å². The summed E-state index contributed by atoms with van der Waals surface area (Å²) in [4.78, 5) is 0. The summed E-state index contributed by atoms with van der Waals surface area (Å²) in [6.45, 7) is 14.1. The van der Waals surface area contributed by atoms with Gasteiger partial charge in [0.05, 0.1) is 13.2 Å². The predicted octanol–water partition coefficient (Wildman–Crippen LogP) is 3.39. The molecule has 0 amide bonds. The molecule has 1 saturated heterocycles. The average Bonchev–Trinajstić information content (AvgIpc) is 2.29. The zero-order valence-electron chi connectivity index (χ0n) is 14.5. The van der Waals surface area contributed by atoms with Crippen LogP contribution in [0.5, 0.6) is 0 Å². The van der Waals surface area contributed by atoms with E-state index in [9.17, 15) is 0 Å². The van der Waals surface area contributed by atoms with Gasteiger partial charge in [-0.05, 0) is 59.0 Å². The fourth-order valence-corrected chi connectivity index (χ4v) is 10.0. The minimum absolute atomic E-state index is 0.0690. The molecule has 5 heteroatoms. The first-order valence-electron chi connectivity index (χ1n) is 8.21. The molecular formula is C15H36N2OSi2. The molecule has 0 radical (unpaired) electrons. The van der Waals surface area contributed by atoms with Crippen molar-refractivity contribution in [1.82, 2.24) is 0 Å². The van der Waals surface area contributed by atoms with E-state index in [0.29, 0.717) is 0 Å². The van der Waals surface area contributed by atoms with Crippen LogP contribution >= 0.6 is 0 Å². The summed E-state index contributed by atoms with van der Waals surface area (Å²) < 4.78 is 6.87. The minimum atomic E-state index is -1.54. The van der Waals surface area contributed by atoms with Crippen LogP contribution in [-0.4, -0.2) is 33.1 Å². The Balaban J connectivity index is 2.83. The quantitative estimate of drug-likeness (QED) is 0.738. The molecular weight excluding hydrogens is 280 g/mol. The van der Waals surface area contributed by atoms with E-state index in [1.807, 2.05) is 0 Å². The van der Waals surface area contributed by atoms with Crippen LogP contribution in [-0.2, 0) is 4.43 Å². The van der Waals surface area contributed by atoms with Crippen LogP contribution < -0.4 is 11.5 Å². The molecule has 0 saturated carbocycles. The summed E-state index contributed by atoms with van der Waals surface area (Å²) in [6.07, 6.45) is 5.56. The van der Waals surface area contributed by atoms with Gasteiger partial charge >= 0.3 is 0 Å². The smallest absolute Gasteiger partial charge is 0.174 e. The predicted molar refractivity (Wildman–Crippen MR) is 94.0 cm³/mol. The third-order valence-electron chi connectivity index (χ3n) is 5.42. The third kappa shape index (κ3) is 4.66. The van der Waals surface area contributed by atoms with E-state index in [2.05, 4.69) is 40.0 Å². The summed E-state index contributed by atoms with van der Waals surface area (Å²) in [6, 6.07) is 1.94. The van der Waals surface area contributed by atoms with Gasteiger partial charge in [0.25, 0.3) is 0 Å². The molecule has 1 aliphatic heterocycles. The molecule has 3 nitrogen and oxygen atoms in total. The fourth-order valence-electron chi connectivity index (χ4n) is 3.03. The Labute approximate surface area is 127 Å². The topological polar surface area (TPSA) is 61.3 Å². The molecule has 1 fully saturated rings. The van der Waals surface area contributed by atoms with Crippen molar-refractivity contribution in [3.05, 3.63) is 0 Å². The molecule has 1 heterocycles. The molecule has 120 valence electrons. The van der Waals surface area contributed by atoms with E-state index in [-0.39, 0.29) is 17.7 Å². The number of hydrogen-bond donors (Lipinski definition) is 2. The second-order valence-electron chi connectivity index (χ2n) is 8.21. The summed E-state index contributed by atoms with van der Waals surface area (Å²) in [5.74, 6) is 0. The van der Waals surface area contributed by atoms with Gasteiger partial charge < -0.3 is 15.9 Å². The second kappa shape index (κ2) is 6.61. The standard InChI is InChI=1S/C15H36N2OSi2/c1-13(16)7-9-15(10-8-14(2)17)11-12-19(3,4)20(5,6)18-15/h13-14H,7-12,16-17H2,1-6H3. The number of rotatable bonds is 6. The van der Waals surface area contributed by atoms with E-state index < -0.39 is 15.4 Å². The van der Waals surface area contributed by atoms with Crippen LogP contribution in [0.3, 0.4) is 0 Å². The zero-order chi connectivity index (χ0) is 15.6. The maximum atomic E-state index is 6.87. The Bertz CT molecular complexity index is 299. The minimum Gasteiger partial charge on any atom is -0.415 e. The highest BCUT2D eigenvalue weighted by Gasteiger charge is 2.52. The summed E-state index contributed by atoms with van der Waals surface area (Å²) in [5, 5.41) is 0. The van der Waals surface area contributed by atoms with Crippen molar-refractivity contribution in [2.45, 2.75) is 95.9 Å². The van der Waals surface area contributed by atoms with Gasteiger partial charge in [0.2, 0.25) is 0 Å².